The molecule has 5 nitrogen and oxygen atoms in total. The Hall–Kier alpha value is -2.08. The molecule has 23 heavy (non-hydrogen) atoms. The fraction of sp³-hybridized carbons (Fsp3) is 0.353. The smallest absolute Gasteiger partial charge is 0.316 e. The molecule has 0 spiro atoms. The summed E-state index contributed by atoms with van der Waals surface area (Å²) in [5.41, 5.74) is 1.63. The highest BCUT2D eigenvalue weighted by Crippen LogP contribution is 2.28. The number of aromatic nitrogens is 2. The first-order valence-corrected chi connectivity index (χ1v) is 8.81. The summed E-state index contributed by atoms with van der Waals surface area (Å²) in [6.45, 7) is 2.63. The number of hydrogen-bond donors (Lipinski definition) is 1. The van der Waals surface area contributed by atoms with Gasteiger partial charge >= 0.3 is 6.03 Å². The zero-order valence-corrected chi connectivity index (χ0v) is 13.9. The zero-order valence-electron chi connectivity index (χ0n) is 13.1. The highest BCUT2D eigenvalue weighted by atomic mass is 32.2. The molecule has 1 saturated carbocycles. The number of rotatable bonds is 6. The Morgan fingerprint density at radius 3 is 2.78 bits per heavy atom. The van der Waals surface area contributed by atoms with Crippen molar-refractivity contribution in [2.75, 3.05) is 11.1 Å². The lowest BCUT2D eigenvalue weighted by Gasteiger charge is -2.22. The Kier molecular flexibility index (Phi) is 5.12. The Morgan fingerprint density at radius 1 is 1.30 bits per heavy atom. The van der Waals surface area contributed by atoms with Crippen LogP contribution in [0.15, 0.2) is 47.8 Å². The summed E-state index contributed by atoms with van der Waals surface area (Å²) >= 11 is 1.68. The molecule has 0 bridgehead atoms. The summed E-state index contributed by atoms with van der Waals surface area (Å²) in [5, 5.41) is 3.91. The molecule has 2 heterocycles. The lowest BCUT2D eigenvalue weighted by Crippen LogP contribution is -2.36. The van der Waals surface area contributed by atoms with Gasteiger partial charge in [-0.2, -0.15) is 0 Å². The van der Waals surface area contributed by atoms with E-state index in [1.54, 1.807) is 24.2 Å². The van der Waals surface area contributed by atoms with Crippen LogP contribution in [0.25, 0.3) is 0 Å². The third-order valence-corrected chi connectivity index (χ3v) is 4.41. The van der Waals surface area contributed by atoms with E-state index < -0.39 is 0 Å². The van der Waals surface area contributed by atoms with E-state index in [0.29, 0.717) is 12.6 Å². The number of nitrogens with one attached hydrogen (secondary N) is 1. The molecule has 0 aliphatic heterocycles. The standard InChI is InChI=1S/C17H20N4OS/c1-2-23-16-9-6-13(11-19-16)20-17(22)21(15-7-8-15)12-14-5-3-4-10-18-14/h3-6,9-11,15H,2,7-8,12H2,1H3,(H,20,22). The van der Waals surface area contributed by atoms with Gasteiger partial charge in [0, 0.05) is 12.2 Å². The lowest BCUT2D eigenvalue weighted by molar-refractivity contribution is 0.205. The van der Waals surface area contributed by atoms with E-state index in [4.69, 9.17) is 0 Å². The molecule has 0 saturated heterocycles. The molecular formula is C17H20N4OS. The van der Waals surface area contributed by atoms with Crippen LogP contribution in [0.4, 0.5) is 10.5 Å². The van der Waals surface area contributed by atoms with Crippen LogP contribution < -0.4 is 5.32 Å². The van der Waals surface area contributed by atoms with E-state index in [-0.39, 0.29) is 6.03 Å². The van der Waals surface area contributed by atoms with Gasteiger partial charge in [-0.15, -0.1) is 11.8 Å². The molecule has 6 heteroatoms. The van der Waals surface area contributed by atoms with Crippen molar-refractivity contribution in [3.05, 3.63) is 48.4 Å². The second-order valence-electron chi connectivity index (χ2n) is 5.43. The number of amides is 2. The van der Waals surface area contributed by atoms with Gasteiger partial charge in [0.15, 0.2) is 0 Å². The first-order valence-electron chi connectivity index (χ1n) is 7.82. The molecule has 1 aliphatic rings. The van der Waals surface area contributed by atoms with Crippen molar-refractivity contribution in [1.29, 1.82) is 0 Å². The molecule has 1 aliphatic carbocycles. The Morgan fingerprint density at radius 2 is 2.17 bits per heavy atom. The number of anilines is 1. The highest BCUT2D eigenvalue weighted by Gasteiger charge is 2.32. The molecule has 120 valence electrons. The number of thioether (sulfide) groups is 1. The maximum absolute atomic E-state index is 12.6. The fourth-order valence-electron chi connectivity index (χ4n) is 2.30. The molecular weight excluding hydrogens is 308 g/mol. The third kappa shape index (κ3) is 4.45. The van der Waals surface area contributed by atoms with Crippen molar-refractivity contribution in [2.45, 2.75) is 37.4 Å². The van der Waals surface area contributed by atoms with E-state index in [9.17, 15) is 4.79 Å². The summed E-state index contributed by atoms with van der Waals surface area (Å²) in [4.78, 5) is 23.1. The number of nitrogens with zero attached hydrogens (tertiary/aromatic N) is 3. The Bertz CT molecular complexity index is 643. The van der Waals surface area contributed by atoms with Crippen molar-refractivity contribution >= 4 is 23.5 Å². The van der Waals surface area contributed by atoms with Crippen LogP contribution in [0.2, 0.25) is 0 Å². The fourth-order valence-corrected chi connectivity index (χ4v) is 2.89. The highest BCUT2D eigenvalue weighted by molar-refractivity contribution is 7.99. The largest absolute Gasteiger partial charge is 0.322 e. The van der Waals surface area contributed by atoms with Gasteiger partial charge in [0.1, 0.15) is 0 Å². The van der Waals surface area contributed by atoms with E-state index in [1.807, 2.05) is 35.2 Å². The monoisotopic (exact) mass is 328 g/mol. The Labute approximate surface area is 140 Å². The van der Waals surface area contributed by atoms with Gasteiger partial charge in [-0.1, -0.05) is 13.0 Å². The molecule has 2 amide bonds. The second kappa shape index (κ2) is 7.46. The first-order chi connectivity index (χ1) is 11.3. The number of carbonyl (C=O) groups is 1. The summed E-state index contributed by atoms with van der Waals surface area (Å²) < 4.78 is 0. The van der Waals surface area contributed by atoms with Crippen LogP contribution in [-0.2, 0) is 6.54 Å². The van der Waals surface area contributed by atoms with Gasteiger partial charge in [-0.05, 0) is 42.9 Å². The molecule has 0 radical (unpaired) electrons. The molecule has 0 atom stereocenters. The maximum Gasteiger partial charge on any atom is 0.322 e. The van der Waals surface area contributed by atoms with Crippen LogP contribution in [0, 0.1) is 0 Å². The molecule has 0 unspecified atom stereocenters. The molecule has 1 N–H and O–H groups in total. The predicted molar refractivity (Wildman–Crippen MR) is 92.5 cm³/mol. The van der Waals surface area contributed by atoms with Gasteiger partial charge < -0.3 is 10.2 Å². The summed E-state index contributed by atoms with van der Waals surface area (Å²) in [6, 6.07) is 9.83. The number of hydrogen-bond acceptors (Lipinski definition) is 4. The predicted octanol–water partition coefficient (Wildman–Crippen LogP) is 3.79. The topological polar surface area (TPSA) is 58.1 Å². The normalized spacial score (nSPS) is 13.6. The van der Waals surface area contributed by atoms with E-state index in [2.05, 4.69) is 22.2 Å². The van der Waals surface area contributed by atoms with Crippen molar-refractivity contribution < 1.29 is 4.79 Å². The van der Waals surface area contributed by atoms with Crippen LogP contribution in [0.3, 0.4) is 0 Å². The van der Waals surface area contributed by atoms with E-state index >= 15 is 0 Å². The average Bonchev–Trinajstić information content (AvgIpc) is 3.40. The molecule has 2 aromatic rings. The number of pyridine rings is 2. The van der Waals surface area contributed by atoms with Gasteiger partial charge in [0.25, 0.3) is 0 Å². The first kappa shape index (κ1) is 15.8. The summed E-state index contributed by atoms with van der Waals surface area (Å²) in [6.07, 6.45) is 5.59. The summed E-state index contributed by atoms with van der Waals surface area (Å²) in [7, 11) is 0. The number of carbonyl (C=O) groups excluding carboxylic acids is 1. The van der Waals surface area contributed by atoms with E-state index in [1.165, 1.54) is 0 Å². The zero-order chi connectivity index (χ0) is 16.1. The van der Waals surface area contributed by atoms with Gasteiger partial charge in [-0.3, -0.25) is 4.98 Å². The summed E-state index contributed by atoms with van der Waals surface area (Å²) in [5.74, 6) is 0.984. The van der Waals surface area contributed by atoms with Crippen LogP contribution in [0.5, 0.6) is 0 Å². The minimum absolute atomic E-state index is 0.0872. The Balaban J connectivity index is 1.64. The minimum Gasteiger partial charge on any atom is -0.316 e. The van der Waals surface area contributed by atoms with Crippen molar-refractivity contribution in [3.8, 4) is 0 Å². The van der Waals surface area contributed by atoms with Crippen LogP contribution >= 0.6 is 11.8 Å². The molecule has 1 fully saturated rings. The average molecular weight is 328 g/mol. The SMILES string of the molecule is CCSc1ccc(NC(=O)N(Cc2ccccn2)C2CC2)cn1. The van der Waals surface area contributed by atoms with Gasteiger partial charge in [-0.25, -0.2) is 9.78 Å². The van der Waals surface area contributed by atoms with Crippen molar-refractivity contribution in [3.63, 3.8) is 0 Å². The van der Waals surface area contributed by atoms with E-state index in [0.717, 1.165) is 35.0 Å². The minimum atomic E-state index is -0.0872. The quantitative estimate of drug-likeness (QED) is 0.820. The maximum atomic E-state index is 12.6. The molecule has 2 aromatic heterocycles. The van der Waals surface area contributed by atoms with Crippen molar-refractivity contribution in [1.82, 2.24) is 14.9 Å². The second-order valence-corrected chi connectivity index (χ2v) is 6.71. The number of urea groups is 1. The van der Waals surface area contributed by atoms with Gasteiger partial charge in [0.2, 0.25) is 0 Å². The molecule has 0 aromatic carbocycles. The lowest BCUT2D eigenvalue weighted by atomic mass is 10.3. The van der Waals surface area contributed by atoms with Crippen LogP contribution in [0.1, 0.15) is 25.5 Å². The molecule has 3 rings (SSSR count). The van der Waals surface area contributed by atoms with Gasteiger partial charge in [0.05, 0.1) is 29.1 Å². The van der Waals surface area contributed by atoms with Crippen molar-refractivity contribution in [2.24, 2.45) is 0 Å². The third-order valence-electron chi connectivity index (χ3n) is 3.59. The van der Waals surface area contributed by atoms with Crippen LogP contribution in [-0.4, -0.2) is 32.7 Å².